The van der Waals surface area contributed by atoms with Crippen molar-refractivity contribution in [1.82, 2.24) is 5.32 Å². The van der Waals surface area contributed by atoms with Gasteiger partial charge in [-0.2, -0.15) is 0 Å². The molecule has 1 amide bonds. The molecular formula is C10H12ClN3O3. The molecule has 0 atom stereocenters. The number of non-ortho nitro benzene ring substituents is 1. The van der Waals surface area contributed by atoms with Gasteiger partial charge in [-0.25, -0.2) is 0 Å². The molecular weight excluding hydrogens is 246 g/mol. The summed E-state index contributed by atoms with van der Waals surface area (Å²) in [4.78, 5) is 21.1. The zero-order valence-corrected chi connectivity index (χ0v) is 9.95. The van der Waals surface area contributed by atoms with Gasteiger partial charge < -0.3 is 10.6 Å². The van der Waals surface area contributed by atoms with Crippen molar-refractivity contribution in [3.63, 3.8) is 0 Å². The second-order valence-electron chi connectivity index (χ2n) is 3.23. The van der Waals surface area contributed by atoms with Crippen LogP contribution in [0.15, 0.2) is 18.2 Å². The number of nitro benzene ring substituents is 1. The van der Waals surface area contributed by atoms with Crippen LogP contribution < -0.4 is 10.6 Å². The van der Waals surface area contributed by atoms with Crippen LogP contribution >= 0.6 is 11.6 Å². The number of nitro groups is 1. The lowest BCUT2D eigenvalue weighted by molar-refractivity contribution is -0.384. The molecule has 0 radical (unpaired) electrons. The number of benzene rings is 1. The highest BCUT2D eigenvalue weighted by Gasteiger charge is 2.09. The Bertz CT molecular complexity index is 437. The van der Waals surface area contributed by atoms with E-state index in [0.717, 1.165) is 0 Å². The third-order valence-corrected chi connectivity index (χ3v) is 2.29. The minimum atomic E-state index is -0.528. The molecule has 0 saturated heterocycles. The first kappa shape index (κ1) is 13.2. The van der Waals surface area contributed by atoms with E-state index in [0.29, 0.717) is 12.2 Å². The average molecular weight is 258 g/mol. The molecule has 0 saturated carbocycles. The monoisotopic (exact) mass is 257 g/mol. The molecule has 17 heavy (non-hydrogen) atoms. The van der Waals surface area contributed by atoms with E-state index in [-0.39, 0.29) is 23.2 Å². The number of amides is 1. The minimum Gasteiger partial charge on any atom is -0.375 e. The van der Waals surface area contributed by atoms with Gasteiger partial charge in [0.15, 0.2) is 0 Å². The number of nitrogens with zero attached hydrogens (tertiary/aromatic N) is 1. The molecule has 7 heteroatoms. The molecule has 1 rings (SSSR count). The van der Waals surface area contributed by atoms with E-state index in [9.17, 15) is 14.9 Å². The molecule has 92 valence electrons. The highest BCUT2D eigenvalue weighted by molar-refractivity contribution is 6.33. The molecule has 0 aliphatic heterocycles. The van der Waals surface area contributed by atoms with Gasteiger partial charge in [-0.05, 0) is 13.0 Å². The summed E-state index contributed by atoms with van der Waals surface area (Å²) in [6, 6.07) is 4.03. The second kappa shape index (κ2) is 6.05. The molecule has 1 aromatic rings. The van der Waals surface area contributed by atoms with Crippen LogP contribution in [-0.4, -0.2) is 23.9 Å². The first-order valence-electron chi connectivity index (χ1n) is 4.99. The molecule has 0 aromatic heterocycles. The Morgan fingerprint density at radius 2 is 2.24 bits per heavy atom. The molecule has 0 unspecified atom stereocenters. The topological polar surface area (TPSA) is 84.3 Å². The Kier molecular flexibility index (Phi) is 4.71. The van der Waals surface area contributed by atoms with Crippen LogP contribution in [0.5, 0.6) is 0 Å². The zero-order valence-electron chi connectivity index (χ0n) is 9.20. The summed E-state index contributed by atoms with van der Waals surface area (Å²) in [6.45, 7) is 2.44. The van der Waals surface area contributed by atoms with Gasteiger partial charge in [0.1, 0.15) is 0 Å². The van der Waals surface area contributed by atoms with Gasteiger partial charge in [0.2, 0.25) is 5.91 Å². The molecule has 0 spiro atoms. The summed E-state index contributed by atoms with van der Waals surface area (Å²) in [5.41, 5.74) is 0.405. The van der Waals surface area contributed by atoms with E-state index in [1.807, 2.05) is 6.92 Å². The van der Waals surface area contributed by atoms with Crippen molar-refractivity contribution in [2.75, 3.05) is 18.4 Å². The largest absolute Gasteiger partial charge is 0.375 e. The van der Waals surface area contributed by atoms with Gasteiger partial charge in [-0.1, -0.05) is 11.6 Å². The normalized spacial score (nSPS) is 9.76. The van der Waals surface area contributed by atoms with Crippen LogP contribution in [0.2, 0.25) is 5.02 Å². The van der Waals surface area contributed by atoms with Gasteiger partial charge in [-0.15, -0.1) is 0 Å². The molecule has 0 heterocycles. The quantitative estimate of drug-likeness (QED) is 0.622. The highest BCUT2D eigenvalue weighted by atomic mass is 35.5. The lowest BCUT2D eigenvalue weighted by Gasteiger charge is -2.07. The van der Waals surface area contributed by atoms with Crippen molar-refractivity contribution in [3.8, 4) is 0 Å². The fourth-order valence-electron chi connectivity index (χ4n) is 1.20. The summed E-state index contributed by atoms with van der Waals surface area (Å²) in [5.74, 6) is -0.165. The Balaban J connectivity index is 2.66. The number of halogens is 1. The molecule has 1 aromatic carbocycles. The molecule has 2 N–H and O–H groups in total. The van der Waals surface area contributed by atoms with Gasteiger partial charge in [0.05, 0.1) is 22.2 Å². The number of nitrogens with one attached hydrogen (secondary N) is 2. The summed E-state index contributed by atoms with van der Waals surface area (Å²) in [6.07, 6.45) is 0. The Morgan fingerprint density at radius 1 is 1.53 bits per heavy atom. The van der Waals surface area contributed by atoms with E-state index in [2.05, 4.69) is 10.6 Å². The van der Waals surface area contributed by atoms with E-state index in [1.54, 1.807) is 0 Å². The van der Waals surface area contributed by atoms with Crippen LogP contribution in [0.4, 0.5) is 11.4 Å². The summed E-state index contributed by atoms with van der Waals surface area (Å²) < 4.78 is 0. The summed E-state index contributed by atoms with van der Waals surface area (Å²) in [7, 11) is 0. The fourth-order valence-corrected chi connectivity index (χ4v) is 1.44. The van der Waals surface area contributed by atoms with Crippen LogP contribution in [-0.2, 0) is 4.79 Å². The van der Waals surface area contributed by atoms with Crippen LogP contribution in [0.3, 0.4) is 0 Å². The minimum absolute atomic E-state index is 0.0748. The number of carbonyl (C=O) groups is 1. The number of rotatable bonds is 5. The number of carbonyl (C=O) groups excluding carboxylic acids is 1. The maximum Gasteiger partial charge on any atom is 0.271 e. The van der Waals surface area contributed by atoms with E-state index < -0.39 is 4.92 Å². The molecule has 0 fully saturated rings. The van der Waals surface area contributed by atoms with Crippen LogP contribution in [0, 0.1) is 10.1 Å². The lowest BCUT2D eigenvalue weighted by atomic mass is 10.3. The third-order valence-electron chi connectivity index (χ3n) is 1.98. The first-order valence-corrected chi connectivity index (χ1v) is 5.37. The maximum absolute atomic E-state index is 11.2. The zero-order chi connectivity index (χ0) is 12.8. The summed E-state index contributed by atoms with van der Waals surface area (Å²) in [5, 5.41) is 16.1. The lowest BCUT2D eigenvalue weighted by Crippen LogP contribution is -2.29. The molecule has 6 nitrogen and oxygen atoms in total. The SMILES string of the molecule is CCNC(=O)CNc1ccc([N+](=O)[O-])cc1Cl. The first-order chi connectivity index (χ1) is 8.04. The predicted octanol–water partition coefficient (Wildman–Crippen LogP) is 1.80. The van der Waals surface area contributed by atoms with Crippen molar-refractivity contribution in [2.24, 2.45) is 0 Å². The predicted molar refractivity (Wildman–Crippen MR) is 65.3 cm³/mol. The second-order valence-corrected chi connectivity index (χ2v) is 3.64. The Labute approximate surface area is 103 Å². The van der Waals surface area contributed by atoms with E-state index in [1.165, 1.54) is 18.2 Å². The van der Waals surface area contributed by atoms with Crippen molar-refractivity contribution in [3.05, 3.63) is 33.3 Å². The van der Waals surface area contributed by atoms with E-state index in [4.69, 9.17) is 11.6 Å². The van der Waals surface area contributed by atoms with Gasteiger partial charge in [0.25, 0.3) is 5.69 Å². The summed E-state index contributed by atoms with van der Waals surface area (Å²) >= 11 is 5.84. The van der Waals surface area contributed by atoms with Crippen LogP contribution in [0.25, 0.3) is 0 Å². The average Bonchev–Trinajstić information content (AvgIpc) is 2.27. The fraction of sp³-hybridized carbons (Fsp3) is 0.300. The standard InChI is InChI=1S/C10H12ClN3O3/c1-2-12-10(15)6-13-9-4-3-7(14(16)17)5-8(9)11/h3-5,13H,2,6H2,1H3,(H,12,15). The molecule has 0 aliphatic rings. The van der Waals surface area contributed by atoms with Crippen molar-refractivity contribution < 1.29 is 9.72 Å². The van der Waals surface area contributed by atoms with E-state index >= 15 is 0 Å². The number of likely N-dealkylation sites (N-methyl/N-ethyl adjacent to an activating group) is 1. The third kappa shape index (κ3) is 3.92. The molecule has 0 aliphatic carbocycles. The van der Waals surface area contributed by atoms with Gasteiger partial charge in [0, 0.05) is 18.7 Å². The van der Waals surface area contributed by atoms with Gasteiger partial charge >= 0.3 is 0 Å². The number of anilines is 1. The number of hydrogen-bond acceptors (Lipinski definition) is 4. The highest BCUT2D eigenvalue weighted by Crippen LogP contribution is 2.26. The van der Waals surface area contributed by atoms with Crippen LogP contribution in [0.1, 0.15) is 6.92 Å². The van der Waals surface area contributed by atoms with Crippen molar-refractivity contribution in [1.29, 1.82) is 0 Å². The van der Waals surface area contributed by atoms with Gasteiger partial charge in [-0.3, -0.25) is 14.9 Å². The smallest absolute Gasteiger partial charge is 0.271 e. The molecule has 0 bridgehead atoms. The maximum atomic E-state index is 11.2. The van der Waals surface area contributed by atoms with Crippen molar-refractivity contribution >= 4 is 28.9 Å². The Hall–Kier alpha value is -1.82. The van der Waals surface area contributed by atoms with Crippen molar-refractivity contribution in [2.45, 2.75) is 6.92 Å². The Morgan fingerprint density at radius 3 is 2.76 bits per heavy atom. The number of hydrogen-bond donors (Lipinski definition) is 2.